The molecule has 1 aromatic carbocycles. The summed E-state index contributed by atoms with van der Waals surface area (Å²) in [6.07, 6.45) is 3.68. The molecule has 0 radical (unpaired) electrons. The van der Waals surface area contributed by atoms with Crippen LogP contribution in [0, 0.1) is 6.92 Å². The molecule has 0 N–H and O–H groups in total. The predicted octanol–water partition coefficient (Wildman–Crippen LogP) is 3.62. The van der Waals surface area contributed by atoms with Crippen LogP contribution in [0.3, 0.4) is 0 Å². The van der Waals surface area contributed by atoms with Gasteiger partial charge in [-0.1, -0.05) is 30.3 Å². The lowest BCUT2D eigenvalue weighted by atomic mass is 10.1. The van der Waals surface area contributed by atoms with E-state index in [2.05, 4.69) is 4.98 Å². The number of carbonyl (C=O) groups excluding carboxylic acids is 2. The van der Waals surface area contributed by atoms with E-state index in [9.17, 15) is 14.4 Å². The van der Waals surface area contributed by atoms with Crippen molar-refractivity contribution in [1.29, 1.82) is 0 Å². The predicted molar refractivity (Wildman–Crippen MR) is 122 cm³/mol. The summed E-state index contributed by atoms with van der Waals surface area (Å²) in [5.74, 6) is -0.0134. The van der Waals surface area contributed by atoms with E-state index in [1.54, 1.807) is 28.5 Å². The van der Waals surface area contributed by atoms with Crippen molar-refractivity contribution < 1.29 is 14.3 Å². The minimum absolute atomic E-state index is 0.0979. The van der Waals surface area contributed by atoms with Gasteiger partial charge in [-0.3, -0.25) is 14.2 Å². The van der Waals surface area contributed by atoms with E-state index in [0.717, 1.165) is 37.9 Å². The Kier molecular flexibility index (Phi) is 5.55. The largest absolute Gasteiger partial charge is 0.443 e. The average Bonchev–Trinajstić information content (AvgIpc) is 3.43. The summed E-state index contributed by atoms with van der Waals surface area (Å²) in [7, 11) is 0. The van der Waals surface area contributed by atoms with E-state index < -0.39 is 12.1 Å². The summed E-state index contributed by atoms with van der Waals surface area (Å²) in [4.78, 5) is 46.8. The van der Waals surface area contributed by atoms with Crippen molar-refractivity contribution in [2.75, 3.05) is 13.1 Å². The van der Waals surface area contributed by atoms with Crippen LogP contribution in [-0.4, -0.2) is 39.4 Å². The van der Waals surface area contributed by atoms with Crippen LogP contribution < -0.4 is 5.56 Å². The SMILES string of the molecule is Cc1c(C(=O)O[C@@H](C(=O)N2CCCCC2)c2ccccc2)sc2nc3n(c(=O)c12)CCC3. The minimum atomic E-state index is -1.01. The zero-order chi connectivity index (χ0) is 22.2. The number of carbonyl (C=O) groups is 2. The first-order chi connectivity index (χ1) is 15.5. The Labute approximate surface area is 189 Å². The molecular formula is C24H25N3O4S. The van der Waals surface area contributed by atoms with Crippen LogP contribution in [0.2, 0.25) is 0 Å². The summed E-state index contributed by atoms with van der Waals surface area (Å²) in [6, 6.07) is 9.13. The molecule has 166 valence electrons. The van der Waals surface area contributed by atoms with Gasteiger partial charge in [-0.2, -0.15) is 0 Å². The molecule has 32 heavy (non-hydrogen) atoms. The van der Waals surface area contributed by atoms with E-state index in [4.69, 9.17) is 4.74 Å². The standard InChI is InChI=1S/C24H25N3O4S/c1-15-18-21(25-17-11-8-14-27(17)22(18)28)32-20(15)24(30)31-19(16-9-4-2-5-10-16)23(29)26-12-6-3-7-13-26/h2,4-5,9-10,19H,3,6-8,11-14H2,1H3/t19-/m1/s1. The first-order valence-electron chi connectivity index (χ1n) is 11.1. The monoisotopic (exact) mass is 451 g/mol. The Balaban J connectivity index is 1.49. The van der Waals surface area contributed by atoms with Gasteiger partial charge in [0.05, 0.1) is 5.39 Å². The van der Waals surface area contributed by atoms with Gasteiger partial charge in [-0.05, 0) is 38.2 Å². The van der Waals surface area contributed by atoms with Crippen LogP contribution in [0.15, 0.2) is 35.1 Å². The molecule has 0 unspecified atom stereocenters. The lowest BCUT2D eigenvalue weighted by Crippen LogP contribution is -2.40. The van der Waals surface area contributed by atoms with Crippen LogP contribution >= 0.6 is 11.3 Å². The first kappa shape index (κ1) is 20.9. The van der Waals surface area contributed by atoms with E-state index in [1.165, 1.54) is 11.3 Å². The van der Waals surface area contributed by atoms with Gasteiger partial charge < -0.3 is 9.64 Å². The molecule has 1 atom stereocenters. The number of aryl methyl sites for hydroxylation is 2. The van der Waals surface area contributed by atoms with Crippen LogP contribution in [0.5, 0.6) is 0 Å². The van der Waals surface area contributed by atoms with Gasteiger partial charge in [0.25, 0.3) is 11.5 Å². The van der Waals surface area contributed by atoms with Crippen molar-refractivity contribution in [3.63, 3.8) is 0 Å². The van der Waals surface area contributed by atoms with E-state index in [1.807, 2.05) is 18.2 Å². The van der Waals surface area contributed by atoms with Gasteiger partial charge in [-0.25, -0.2) is 9.78 Å². The normalized spacial score (nSPS) is 16.7. The van der Waals surface area contributed by atoms with Crippen molar-refractivity contribution >= 4 is 33.4 Å². The molecule has 0 bridgehead atoms. The third-order valence-corrected chi connectivity index (χ3v) is 7.48. The Bertz CT molecular complexity index is 1240. The quantitative estimate of drug-likeness (QED) is 0.566. The molecule has 0 spiro atoms. The number of hydrogen-bond donors (Lipinski definition) is 0. The van der Waals surface area contributed by atoms with Crippen molar-refractivity contribution in [2.45, 2.75) is 51.7 Å². The number of benzene rings is 1. The topological polar surface area (TPSA) is 81.5 Å². The van der Waals surface area contributed by atoms with Crippen molar-refractivity contribution in [1.82, 2.24) is 14.5 Å². The van der Waals surface area contributed by atoms with Crippen molar-refractivity contribution in [3.05, 3.63) is 62.5 Å². The molecular weight excluding hydrogens is 426 g/mol. The Hall–Kier alpha value is -3.00. The molecule has 2 aromatic heterocycles. The molecule has 4 heterocycles. The Morgan fingerprint density at radius 1 is 1.06 bits per heavy atom. The molecule has 0 saturated carbocycles. The lowest BCUT2D eigenvalue weighted by Gasteiger charge is -2.30. The zero-order valence-electron chi connectivity index (χ0n) is 18.0. The summed E-state index contributed by atoms with van der Waals surface area (Å²) >= 11 is 1.17. The van der Waals surface area contributed by atoms with Gasteiger partial charge >= 0.3 is 5.97 Å². The summed E-state index contributed by atoms with van der Waals surface area (Å²) < 4.78 is 7.53. The highest BCUT2D eigenvalue weighted by Gasteiger charge is 2.32. The third-order valence-electron chi connectivity index (χ3n) is 6.32. The number of aromatic nitrogens is 2. The molecule has 1 saturated heterocycles. The fraction of sp³-hybridized carbons (Fsp3) is 0.417. The number of amides is 1. The van der Waals surface area contributed by atoms with E-state index >= 15 is 0 Å². The van der Waals surface area contributed by atoms with Crippen molar-refractivity contribution in [3.8, 4) is 0 Å². The second-order valence-electron chi connectivity index (χ2n) is 8.41. The van der Waals surface area contributed by atoms with Crippen LogP contribution in [0.4, 0.5) is 0 Å². The molecule has 7 nitrogen and oxygen atoms in total. The number of ether oxygens (including phenoxy) is 1. The molecule has 1 amide bonds. The zero-order valence-corrected chi connectivity index (χ0v) is 18.8. The number of thiophene rings is 1. The lowest BCUT2D eigenvalue weighted by molar-refractivity contribution is -0.142. The number of likely N-dealkylation sites (tertiary alicyclic amines) is 1. The second kappa shape index (κ2) is 8.50. The number of rotatable bonds is 4. The fourth-order valence-corrected chi connectivity index (χ4v) is 5.67. The smallest absolute Gasteiger partial charge is 0.349 e. The number of fused-ring (bicyclic) bond motifs is 2. The number of nitrogens with zero attached hydrogens (tertiary/aromatic N) is 3. The molecule has 3 aromatic rings. The molecule has 8 heteroatoms. The molecule has 2 aliphatic heterocycles. The highest BCUT2D eigenvalue weighted by Crippen LogP contribution is 2.31. The highest BCUT2D eigenvalue weighted by molar-refractivity contribution is 7.20. The maximum absolute atomic E-state index is 13.3. The molecule has 2 aliphatic rings. The maximum Gasteiger partial charge on any atom is 0.349 e. The number of hydrogen-bond acceptors (Lipinski definition) is 6. The Morgan fingerprint density at radius 3 is 2.56 bits per heavy atom. The molecule has 5 rings (SSSR count). The van der Waals surface area contributed by atoms with Gasteiger partial charge in [0.1, 0.15) is 15.5 Å². The van der Waals surface area contributed by atoms with E-state index in [0.29, 0.717) is 45.9 Å². The first-order valence-corrected chi connectivity index (χ1v) is 11.9. The Morgan fingerprint density at radius 2 is 1.81 bits per heavy atom. The van der Waals surface area contributed by atoms with E-state index in [-0.39, 0.29) is 11.5 Å². The molecule has 1 fully saturated rings. The average molecular weight is 452 g/mol. The summed E-state index contributed by atoms with van der Waals surface area (Å²) in [5, 5.41) is 0.478. The number of piperidine rings is 1. The third kappa shape index (κ3) is 3.62. The fourth-order valence-electron chi connectivity index (χ4n) is 4.60. The summed E-state index contributed by atoms with van der Waals surface area (Å²) in [6.45, 7) is 3.76. The van der Waals surface area contributed by atoms with Crippen molar-refractivity contribution in [2.24, 2.45) is 0 Å². The maximum atomic E-state index is 13.3. The van der Waals surface area contributed by atoms with Crippen LogP contribution in [0.1, 0.15) is 58.4 Å². The second-order valence-corrected chi connectivity index (χ2v) is 9.41. The number of esters is 1. The minimum Gasteiger partial charge on any atom is -0.443 e. The molecule has 0 aliphatic carbocycles. The van der Waals surface area contributed by atoms with Gasteiger partial charge in [0, 0.05) is 31.6 Å². The van der Waals surface area contributed by atoms with Crippen LogP contribution in [0.25, 0.3) is 10.2 Å². The highest BCUT2D eigenvalue weighted by atomic mass is 32.1. The van der Waals surface area contributed by atoms with Gasteiger partial charge in [-0.15, -0.1) is 11.3 Å². The summed E-state index contributed by atoms with van der Waals surface area (Å²) in [5.41, 5.74) is 1.12. The van der Waals surface area contributed by atoms with Gasteiger partial charge in [0.15, 0.2) is 0 Å². The van der Waals surface area contributed by atoms with Crippen LogP contribution in [-0.2, 0) is 22.5 Å². The van der Waals surface area contributed by atoms with Gasteiger partial charge in [0.2, 0.25) is 6.10 Å².